The Bertz CT molecular complexity index is 2040. The van der Waals surface area contributed by atoms with Crippen molar-refractivity contribution < 1.29 is 39.1 Å². The number of nitrogens with one attached hydrogen (secondary N) is 1. The smallest absolute Gasteiger partial charge is 0.326 e. The number of ether oxygens (including phenoxy) is 3. The summed E-state index contributed by atoms with van der Waals surface area (Å²) in [5.41, 5.74) is 3.47. The van der Waals surface area contributed by atoms with E-state index < -0.39 is 24.1 Å². The number of nitriles is 1. The first-order valence-electron chi connectivity index (χ1n) is 17.9. The SMILES string of the molecule is Cc1c(COc2cc(OCc3cncc(C#N)c3)c(CNC(C)(CO)C(=O)O)cc2Cl)cccc1-c1cccc(OCCCN2CCCC(C(=O)O)C2)c1Cl. The monoisotopic (exact) mass is 790 g/mol. The van der Waals surface area contributed by atoms with Crippen molar-refractivity contribution in [1.29, 1.82) is 5.26 Å². The summed E-state index contributed by atoms with van der Waals surface area (Å²) in [7, 11) is 0. The molecule has 5 rings (SSSR count). The van der Waals surface area contributed by atoms with Gasteiger partial charge in [0.25, 0.3) is 0 Å². The van der Waals surface area contributed by atoms with Crippen LogP contribution in [0.25, 0.3) is 11.1 Å². The second kappa shape index (κ2) is 19.1. The fourth-order valence-corrected chi connectivity index (χ4v) is 6.81. The highest BCUT2D eigenvalue weighted by molar-refractivity contribution is 6.35. The number of aliphatic carboxylic acids is 2. The van der Waals surface area contributed by atoms with E-state index in [1.165, 1.54) is 13.1 Å². The maximum Gasteiger partial charge on any atom is 0.326 e. The Labute approximate surface area is 330 Å². The van der Waals surface area contributed by atoms with E-state index in [-0.39, 0.29) is 30.7 Å². The maximum atomic E-state index is 11.8. The second-order valence-electron chi connectivity index (χ2n) is 13.7. The van der Waals surface area contributed by atoms with Crippen molar-refractivity contribution in [2.24, 2.45) is 5.92 Å². The minimum absolute atomic E-state index is 0.00548. The number of aliphatic hydroxyl groups excluding tert-OH is 1. The molecule has 12 nitrogen and oxygen atoms in total. The van der Waals surface area contributed by atoms with Crippen LogP contribution in [0.15, 0.2) is 67.0 Å². The number of benzene rings is 3. The zero-order chi connectivity index (χ0) is 39.5. The Morgan fingerprint density at radius 1 is 1.00 bits per heavy atom. The number of carboxylic acid groups (broad SMARTS) is 2. The van der Waals surface area contributed by atoms with Gasteiger partial charge >= 0.3 is 11.9 Å². The van der Waals surface area contributed by atoms with Gasteiger partial charge in [-0.3, -0.25) is 19.9 Å². The lowest BCUT2D eigenvalue weighted by Gasteiger charge is -2.30. The van der Waals surface area contributed by atoms with Gasteiger partial charge in [-0.2, -0.15) is 5.26 Å². The largest absolute Gasteiger partial charge is 0.492 e. The molecule has 0 amide bonds. The number of carboxylic acids is 2. The molecule has 14 heteroatoms. The van der Waals surface area contributed by atoms with Crippen LogP contribution < -0.4 is 19.5 Å². The van der Waals surface area contributed by atoms with Gasteiger partial charge in [-0.15, -0.1) is 0 Å². The summed E-state index contributed by atoms with van der Waals surface area (Å²) in [6.45, 7) is 5.57. The summed E-state index contributed by atoms with van der Waals surface area (Å²) in [6.07, 6.45) is 5.36. The lowest BCUT2D eigenvalue weighted by molar-refractivity contribution is -0.146. The molecule has 2 heterocycles. The molecule has 55 heavy (non-hydrogen) atoms. The molecule has 4 aromatic rings. The zero-order valence-electron chi connectivity index (χ0n) is 30.7. The molecule has 1 aliphatic rings. The second-order valence-corrected chi connectivity index (χ2v) is 14.5. The van der Waals surface area contributed by atoms with Crippen LogP contribution in [0.4, 0.5) is 0 Å². The molecule has 1 saturated heterocycles. The van der Waals surface area contributed by atoms with Crippen LogP contribution in [-0.4, -0.2) is 75.5 Å². The quantitative estimate of drug-likeness (QED) is 0.0771. The van der Waals surface area contributed by atoms with Crippen LogP contribution in [0, 0.1) is 24.2 Å². The van der Waals surface area contributed by atoms with Crippen LogP contribution in [-0.2, 0) is 29.3 Å². The number of aliphatic hydroxyl groups is 1. The number of halogens is 2. The molecule has 0 aliphatic carbocycles. The van der Waals surface area contributed by atoms with Gasteiger partial charge in [-0.25, -0.2) is 0 Å². The van der Waals surface area contributed by atoms with Crippen molar-refractivity contribution >= 4 is 35.1 Å². The minimum Gasteiger partial charge on any atom is -0.492 e. The van der Waals surface area contributed by atoms with Gasteiger partial charge in [0.15, 0.2) is 0 Å². The van der Waals surface area contributed by atoms with Crippen molar-refractivity contribution in [3.63, 3.8) is 0 Å². The fraction of sp³-hybridized carbons (Fsp3) is 0.366. The highest BCUT2D eigenvalue weighted by Gasteiger charge is 2.32. The summed E-state index contributed by atoms with van der Waals surface area (Å²) in [6, 6.07) is 18.5. The van der Waals surface area contributed by atoms with Gasteiger partial charge < -0.3 is 34.4 Å². The average Bonchev–Trinajstić information content (AvgIpc) is 3.19. The Morgan fingerprint density at radius 3 is 2.51 bits per heavy atom. The van der Waals surface area contributed by atoms with Crippen LogP contribution in [0.5, 0.6) is 17.2 Å². The first-order valence-corrected chi connectivity index (χ1v) is 18.6. The molecular formula is C41H44Cl2N4O8. The summed E-state index contributed by atoms with van der Waals surface area (Å²) >= 11 is 13.6. The highest BCUT2D eigenvalue weighted by atomic mass is 35.5. The van der Waals surface area contributed by atoms with E-state index in [1.807, 2.05) is 43.3 Å². The first-order chi connectivity index (χ1) is 26.4. The van der Waals surface area contributed by atoms with E-state index in [0.29, 0.717) is 52.1 Å². The molecule has 1 fully saturated rings. The van der Waals surface area contributed by atoms with E-state index in [1.54, 1.807) is 24.4 Å². The molecule has 0 saturated carbocycles. The van der Waals surface area contributed by atoms with Crippen molar-refractivity contribution in [3.05, 3.63) is 105 Å². The Balaban J connectivity index is 1.29. The van der Waals surface area contributed by atoms with Crippen LogP contribution in [0.2, 0.25) is 10.0 Å². The number of likely N-dealkylation sites (tertiary alicyclic amines) is 1. The summed E-state index contributed by atoms with van der Waals surface area (Å²) in [5, 5.41) is 41.7. The van der Waals surface area contributed by atoms with E-state index in [9.17, 15) is 30.2 Å². The number of pyridine rings is 1. The molecule has 0 spiro atoms. The maximum absolute atomic E-state index is 11.8. The van der Waals surface area contributed by atoms with Gasteiger partial charge in [0, 0.05) is 54.8 Å². The molecular weight excluding hydrogens is 747 g/mol. The third-order valence-electron chi connectivity index (χ3n) is 9.70. The van der Waals surface area contributed by atoms with Gasteiger partial charge in [-0.05, 0) is 74.5 Å². The number of rotatable bonds is 18. The summed E-state index contributed by atoms with van der Waals surface area (Å²) in [5.74, 6) is -1.03. The van der Waals surface area contributed by atoms with Crippen molar-refractivity contribution in [1.82, 2.24) is 15.2 Å². The lowest BCUT2D eigenvalue weighted by Crippen LogP contribution is -2.52. The van der Waals surface area contributed by atoms with Crippen molar-refractivity contribution in [2.75, 3.05) is 32.8 Å². The molecule has 4 N–H and O–H groups in total. The number of carbonyl (C=O) groups is 2. The molecule has 0 radical (unpaired) electrons. The predicted octanol–water partition coefficient (Wildman–Crippen LogP) is 6.88. The number of nitrogens with zero attached hydrogens (tertiary/aromatic N) is 3. The predicted molar refractivity (Wildman–Crippen MR) is 208 cm³/mol. The van der Waals surface area contributed by atoms with Gasteiger partial charge in [0.2, 0.25) is 0 Å². The van der Waals surface area contributed by atoms with E-state index in [0.717, 1.165) is 54.6 Å². The summed E-state index contributed by atoms with van der Waals surface area (Å²) < 4.78 is 18.5. The fourth-order valence-electron chi connectivity index (χ4n) is 6.29. The zero-order valence-corrected chi connectivity index (χ0v) is 32.2. The van der Waals surface area contributed by atoms with Gasteiger partial charge in [0.1, 0.15) is 42.1 Å². The average molecular weight is 792 g/mol. The molecule has 290 valence electrons. The Kier molecular flexibility index (Phi) is 14.3. The lowest BCUT2D eigenvalue weighted by atomic mass is 9.96. The first kappa shape index (κ1) is 41.3. The Morgan fingerprint density at radius 2 is 1.76 bits per heavy atom. The van der Waals surface area contributed by atoms with Gasteiger partial charge in [0.05, 0.1) is 34.7 Å². The molecule has 0 bridgehead atoms. The highest BCUT2D eigenvalue weighted by Crippen LogP contribution is 2.39. The summed E-state index contributed by atoms with van der Waals surface area (Å²) in [4.78, 5) is 29.5. The Hall–Kier alpha value is -4.90. The van der Waals surface area contributed by atoms with E-state index >= 15 is 0 Å². The third-order valence-corrected chi connectivity index (χ3v) is 10.4. The third kappa shape index (κ3) is 10.7. The van der Waals surface area contributed by atoms with Crippen molar-refractivity contribution in [3.8, 4) is 34.4 Å². The molecule has 2 atom stereocenters. The molecule has 2 unspecified atom stereocenters. The number of piperidine rings is 1. The van der Waals surface area contributed by atoms with Gasteiger partial charge in [-0.1, -0.05) is 53.5 Å². The minimum atomic E-state index is -1.61. The van der Waals surface area contributed by atoms with Crippen LogP contribution in [0.3, 0.4) is 0 Å². The number of aromatic nitrogens is 1. The normalized spacial score (nSPS) is 15.5. The molecule has 3 aromatic carbocycles. The standard InChI is InChI=1S/C41H44Cl2N4O8/c1-26-30(7-3-9-32(26)33-10-4-11-35(38(33)43)53-14-6-13-47-12-5-8-29(22-47)39(49)50)24-55-37-17-36(54-23-28-15-27(18-44)19-45-20-28)31(16-34(37)42)21-46-41(2,25-48)40(51)52/h3-4,7,9-11,15-17,19-20,29,46,48H,5-6,8,12-14,21-25H2,1-2H3,(H,49,50)(H,51,52). The van der Waals surface area contributed by atoms with Crippen LogP contribution >= 0.6 is 23.2 Å². The molecule has 1 aromatic heterocycles. The van der Waals surface area contributed by atoms with Crippen molar-refractivity contribution in [2.45, 2.75) is 58.4 Å². The van der Waals surface area contributed by atoms with E-state index in [2.05, 4.69) is 21.3 Å². The van der Waals surface area contributed by atoms with Crippen LogP contribution in [0.1, 0.15) is 54.0 Å². The number of hydrogen-bond acceptors (Lipinski definition) is 10. The topological polar surface area (TPSA) is 174 Å². The van der Waals surface area contributed by atoms with E-state index in [4.69, 9.17) is 37.4 Å². The number of hydrogen-bond donors (Lipinski definition) is 4. The molecule has 1 aliphatic heterocycles.